The first kappa shape index (κ1) is 8.55. The van der Waals surface area contributed by atoms with E-state index in [-0.39, 0.29) is 0 Å². The molecule has 3 aliphatic rings. The third kappa shape index (κ3) is 0.891. The van der Waals surface area contributed by atoms with Gasteiger partial charge in [0.2, 0.25) is 0 Å². The summed E-state index contributed by atoms with van der Waals surface area (Å²) >= 11 is 0. The lowest BCUT2D eigenvalue weighted by Crippen LogP contribution is -2.61. The summed E-state index contributed by atoms with van der Waals surface area (Å²) in [6.45, 7) is 7.29. The monoisotopic (exact) mass is 167 g/mol. The Hall–Kier alpha value is -0.0400. The van der Waals surface area contributed by atoms with Crippen molar-refractivity contribution in [2.24, 2.45) is 23.2 Å². The zero-order valence-corrected chi connectivity index (χ0v) is 8.72. The van der Waals surface area contributed by atoms with Gasteiger partial charge in [0.1, 0.15) is 0 Å². The van der Waals surface area contributed by atoms with Gasteiger partial charge in [-0.05, 0) is 43.1 Å². The van der Waals surface area contributed by atoms with Crippen LogP contribution in [0.3, 0.4) is 0 Å². The molecule has 4 atom stereocenters. The molecule has 0 amide bonds. The summed E-state index contributed by atoms with van der Waals surface area (Å²) in [5.74, 6) is 2.85. The molecule has 1 nitrogen and oxygen atoms in total. The Morgan fingerprint density at radius 1 is 1.25 bits per heavy atom. The number of rotatable bonds is 1. The van der Waals surface area contributed by atoms with Crippen molar-refractivity contribution in [2.75, 3.05) is 7.05 Å². The van der Waals surface area contributed by atoms with Crippen molar-refractivity contribution in [1.82, 2.24) is 5.32 Å². The van der Waals surface area contributed by atoms with Gasteiger partial charge in [0.15, 0.2) is 0 Å². The summed E-state index contributed by atoms with van der Waals surface area (Å²) in [5, 5.41) is 3.50. The van der Waals surface area contributed by atoms with Gasteiger partial charge in [0, 0.05) is 6.04 Å². The minimum atomic E-state index is 0.625. The van der Waals surface area contributed by atoms with E-state index in [1.54, 1.807) is 0 Å². The molecule has 0 saturated heterocycles. The van der Waals surface area contributed by atoms with Crippen LogP contribution in [-0.2, 0) is 0 Å². The summed E-state index contributed by atoms with van der Waals surface area (Å²) in [6, 6.07) is 0.782. The van der Waals surface area contributed by atoms with Crippen molar-refractivity contribution in [3.05, 3.63) is 0 Å². The van der Waals surface area contributed by atoms with Gasteiger partial charge in [0.05, 0.1) is 0 Å². The van der Waals surface area contributed by atoms with Gasteiger partial charge in [-0.2, -0.15) is 0 Å². The Kier molecular flexibility index (Phi) is 1.76. The maximum atomic E-state index is 3.50. The highest BCUT2D eigenvalue weighted by molar-refractivity contribution is 5.07. The fourth-order valence-corrected chi connectivity index (χ4v) is 3.54. The summed E-state index contributed by atoms with van der Waals surface area (Å²) in [7, 11) is 2.12. The molecule has 0 aromatic rings. The molecule has 0 aromatic carbocycles. The second kappa shape index (κ2) is 2.47. The molecule has 3 saturated carbocycles. The van der Waals surface area contributed by atoms with Crippen LogP contribution < -0.4 is 5.32 Å². The largest absolute Gasteiger partial charge is 0.316 e. The fourth-order valence-electron chi connectivity index (χ4n) is 3.54. The predicted octanol–water partition coefficient (Wildman–Crippen LogP) is 2.28. The van der Waals surface area contributed by atoms with Crippen LogP contribution in [0.2, 0.25) is 0 Å². The molecule has 3 aliphatic carbocycles. The van der Waals surface area contributed by atoms with Gasteiger partial charge >= 0.3 is 0 Å². The number of nitrogens with one attached hydrogen (secondary N) is 1. The Labute approximate surface area is 75.9 Å². The molecule has 0 aromatic heterocycles. The van der Waals surface area contributed by atoms with Crippen molar-refractivity contribution in [3.63, 3.8) is 0 Å². The topological polar surface area (TPSA) is 12.0 Å². The van der Waals surface area contributed by atoms with E-state index < -0.39 is 0 Å². The molecular weight excluding hydrogens is 146 g/mol. The lowest BCUT2D eigenvalue weighted by atomic mass is 9.45. The van der Waals surface area contributed by atoms with Gasteiger partial charge in [-0.3, -0.25) is 0 Å². The molecule has 0 aliphatic heterocycles. The van der Waals surface area contributed by atoms with E-state index >= 15 is 0 Å². The van der Waals surface area contributed by atoms with Crippen LogP contribution >= 0.6 is 0 Å². The molecule has 0 heterocycles. The summed E-state index contributed by atoms with van der Waals surface area (Å²) < 4.78 is 0. The van der Waals surface area contributed by atoms with Gasteiger partial charge in [-0.1, -0.05) is 20.8 Å². The second-order valence-corrected chi connectivity index (χ2v) is 5.39. The van der Waals surface area contributed by atoms with E-state index in [9.17, 15) is 0 Å². The van der Waals surface area contributed by atoms with E-state index in [0.29, 0.717) is 5.41 Å². The molecule has 0 radical (unpaired) electrons. The average Bonchev–Trinajstić information content (AvgIpc) is 2.03. The maximum absolute atomic E-state index is 3.50. The number of hydrogen-bond donors (Lipinski definition) is 1. The van der Waals surface area contributed by atoms with E-state index in [0.717, 1.165) is 23.8 Å². The Morgan fingerprint density at radius 3 is 2.33 bits per heavy atom. The van der Waals surface area contributed by atoms with Crippen LogP contribution in [0.1, 0.15) is 33.6 Å². The van der Waals surface area contributed by atoms with Crippen molar-refractivity contribution in [2.45, 2.75) is 39.7 Å². The smallest absolute Gasteiger partial charge is 0.0123 e. The van der Waals surface area contributed by atoms with Crippen LogP contribution in [0.15, 0.2) is 0 Å². The summed E-state index contributed by atoms with van der Waals surface area (Å²) in [6.07, 6.45) is 2.91. The lowest BCUT2D eigenvalue weighted by Gasteiger charge is -2.62. The van der Waals surface area contributed by atoms with Crippen molar-refractivity contribution < 1.29 is 0 Å². The molecule has 1 heteroatoms. The van der Waals surface area contributed by atoms with Gasteiger partial charge in [-0.25, -0.2) is 0 Å². The average molecular weight is 167 g/mol. The van der Waals surface area contributed by atoms with E-state index in [4.69, 9.17) is 0 Å². The fraction of sp³-hybridized carbons (Fsp3) is 1.00. The molecule has 1 N–H and O–H groups in total. The molecule has 4 unspecified atom stereocenters. The van der Waals surface area contributed by atoms with Gasteiger partial charge < -0.3 is 5.32 Å². The standard InChI is InChI=1S/C11H21N/c1-7-5-8-6-9(10(7)12-4)11(8,2)3/h7-10,12H,5-6H2,1-4H3. The number of hydrogen-bond acceptors (Lipinski definition) is 1. The maximum Gasteiger partial charge on any atom is 0.0123 e. The predicted molar refractivity (Wildman–Crippen MR) is 52.0 cm³/mol. The third-order valence-electron chi connectivity index (χ3n) is 4.58. The highest BCUT2D eigenvalue weighted by Gasteiger charge is 2.56. The van der Waals surface area contributed by atoms with E-state index in [2.05, 4.69) is 33.1 Å². The molecule has 12 heavy (non-hydrogen) atoms. The summed E-state index contributed by atoms with van der Waals surface area (Å²) in [5.41, 5.74) is 0.625. The quantitative estimate of drug-likeness (QED) is 0.632. The molecule has 0 spiro atoms. The van der Waals surface area contributed by atoms with Crippen LogP contribution in [-0.4, -0.2) is 13.1 Å². The van der Waals surface area contributed by atoms with E-state index in [1.807, 2.05) is 0 Å². The number of fused-ring (bicyclic) bond motifs is 2. The molecule has 2 bridgehead atoms. The van der Waals surface area contributed by atoms with Crippen molar-refractivity contribution in [3.8, 4) is 0 Å². The van der Waals surface area contributed by atoms with Gasteiger partial charge in [-0.15, -0.1) is 0 Å². The SMILES string of the molecule is CNC1C(C)CC2CC1C2(C)C. The first-order valence-electron chi connectivity index (χ1n) is 5.24. The van der Waals surface area contributed by atoms with Crippen molar-refractivity contribution >= 4 is 0 Å². The molecule has 3 rings (SSSR count). The van der Waals surface area contributed by atoms with Crippen LogP contribution in [0.4, 0.5) is 0 Å². The minimum Gasteiger partial charge on any atom is -0.316 e. The highest BCUT2D eigenvalue weighted by atomic mass is 14.9. The highest BCUT2D eigenvalue weighted by Crippen LogP contribution is 2.60. The van der Waals surface area contributed by atoms with E-state index in [1.165, 1.54) is 12.8 Å². The molecular formula is C11H21N. The molecule has 70 valence electrons. The zero-order chi connectivity index (χ0) is 8.93. The van der Waals surface area contributed by atoms with Gasteiger partial charge in [0.25, 0.3) is 0 Å². The normalized spacial score (nSPS) is 50.0. The Balaban J connectivity index is 2.15. The second-order valence-electron chi connectivity index (χ2n) is 5.39. The summed E-state index contributed by atoms with van der Waals surface area (Å²) in [4.78, 5) is 0. The Bertz CT molecular complexity index is 185. The van der Waals surface area contributed by atoms with Crippen molar-refractivity contribution in [1.29, 1.82) is 0 Å². The van der Waals surface area contributed by atoms with Crippen LogP contribution in [0.25, 0.3) is 0 Å². The van der Waals surface area contributed by atoms with Crippen LogP contribution in [0, 0.1) is 23.2 Å². The lowest BCUT2D eigenvalue weighted by molar-refractivity contribution is -0.108. The zero-order valence-electron chi connectivity index (χ0n) is 8.72. The first-order chi connectivity index (χ1) is 5.57. The first-order valence-corrected chi connectivity index (χ1v) is 5.24. The Morgan fingerprint density at radius 2 is 1.92 bits per heavy atom. The minimum absolute atomic E-state index is 0.625. The molecule has 3 fully saturated rings. The third-order valence-corrected chi connectivity index (χ3v) is 4.58. The van der Waals surface area contributed by atoms with Crippen LogP contribution in [0.5, 0.6) is 0 Å².